The second-order valence-electron chi connectivity index (χ2n) is 8.80. The van der Waals surface area contributed by atoms with Crippen LogP contribution in [0.3, 0.4) is 0 Å². The van der Waals surface area contributed by atoms with Crippen LogP contribution in [0.15, 0.2) is 63.0 Å². The van der Waals surface area contributed by atoms with Crippen LogP contribution in [0.4, 0.5) is 0 Å². The number of sulfonamides is 1. The van der Waals surface area contributed by atoms with E-state index < -0.39 is 10.0 Å². The summed E-state index contributed by atoms with van der Waals surface area (Å²) in [4.78, 5) is 14.4. The van der Waals surface area contributed by atoms with Gasteiger partial charge in [-0.15, -0.1) is 0 Å². The first-order valence-corrected chi connectivity index (χ1v) is 12.7. The summed E-state index contributed by atoms with van der Waals surface area (Å²) in [5, 5.41) is 4.04. The van der Waals surface area contributed by atoms with E-state index in [1.165, 1.54) is 9.87 Å². The molecule has 1 N–H and O–H groups in total. The molecule has 2 aromatic rings. The topological polar surface area (TPSA) is 82.1 Å². The maximum atomic E-state index is 12.8. The number of nitrogens with one attached hydrogen (secondary N) is 1. The number of amides is 1. The van der Waals surface area contributed by atoms with Crippen molar-refractivity contribution in [2.75, 3.05) is 32.7 Å². The average Bonchev–Trinajstić information content (AvgIpc) is 2.74. The number of benzene rings is 2. The van der Waals surface area contributed by atoms with Crippen molar-refractivity contribution in [1.29, 1.82) is 0 Å². The third kappa shape index (κ3) is 6.48. The first-order chi connectivity index (χ1) is 15.1. The highest BCUT2D eigenvalue weighted by Gasteiger charge is 2.29. The van der Waals surface area contributed by atoms with Gasteiger partial charge in [0.15, 0.2) is 0 Å². The normalized spacial score (nSPS) is 16.4. The van der Waals surface area contributed by atoms with E-state index in [2.05, 4.69) is 59.4 Å². The Morgan fingerprint density at radius 1 is 1.03 bits per heavy atom. The summed E-state index contributed by atoms with van der Waals surface area (Å²) < 4.78 is 27.8. The van der Waals surface area contributed by atoms with Crippen molar-refractivity contribution in [1.82, 2.24) is 14.6 Å². The summed E-state index contributed by atoms with van der Waals surface area (Å²) in [7, 11) is -3.53. The van der Waals surface area contributed by atoms with Crippen LogP contribution >= 0.6 is 15.9 Å². The standard InChI is InChI=1S/C23H29BrN4O3S/c1-23(2,3)19-6-4-18(5-7-19)16-25-26-22(29)17-27-12-14-28(15-13-27)32(30,31)21-10-8-20(24)9-11-21/h4-11,16H,12-15,17H2,1-3H3,(H,26,29). The summed E-state index contributed by atoms with van der Waals surface area (Å²) in [5.41, 5.74) is 4.78. The minimum atomic E-state index is -3.53. The molecule has 9 heteroatoms. The van der Waals surface area contributed by atoms with E-state index in [0.717, 1.165) is 10.0 Å². The molecule has 0 unspecified atom stereocenters. The monoisotopic (exact) mass is 520 g/mol. The van der Waals surface area contributed by atoms with Crippen molar-refractivity contribution in [3.63, 3.8) is 0 Å². The molecule has 0 saturated carbocycles. The van der Waals surface area contributed by atoms with Gasteiger partial charge in [-0.05, 0) is 40.8 Å². The minimum absolute atomic E-state index is 0.0888. The van der Waals surface area contributed by atoms with Crippen LogP contribution < -0.4 is 5.43 Å². The number of carbonyl (C=O) groups excluding carboxylic acids is 1. The lowest BCUT2D eigenvalue weighted by molar-refractivity contribution is -0.122. The number of hydrogen-bond acceptors (Lipinski definition) is 5. The molecule has 1 amide bonds. The van der Waals surface area contributed by atoms with Gasteiger partial charge in [0.1, 0.15) is 0 Å². The zero-order chi connectivity index (χ0) is 23.4. The summed E-state index contributed by atoms with van der Waals surface area (Å²) in [5.74, 6) is -0.225. The minimum Gasteiger partial charge on any atom is -0.292 e. The Kier molecular flexibility index (Phi) is 7.87. The predicted molar refractivity (Wildman–Crippen MR) is 130 cm³/mol. The lowest BCUT2D eigenvalue weighted by atomic mass is 9.87. The van der Waals surface area contributed by atoms with Crippen molar-refractivity contribution in [2.45, 2.75) is 31.1 Å². The van der Waals surface area contributed by atoms with E-state index in [-0.39, 0.29) is 22.8 Å². The van der Waals surface area contributed by atoms with Crippen molar-refractivity contribution in [3.8, 4) is 0 Å². The fourth-order valence-corrected chi connectivity index (χ4v) is 5.06. The van der Waals surface area contributed by atoms with Crippen molar-refractivity contribution in [3.05, 3.63) is 64.1 Å². The Balaban J connectivity index is 1.46. The van der Waals surface area contributed by atoms with Crippen LogP contribution in [0.1, 0.15) is 31.9 Å². The van der Waals surface area contributed by atoms with Crippen LogP contribution in [-0.4, -0.2) is 62.5 Å². The van der Waals surface area contributed by atoms with E-state index in [0.29, 0.717) is 26.2 Å². The van der Waals surface area contributed by atoms with Gasteiger partial charge in [-0.3, -0.25) is 9.69 Å². The molecule has 3 rings (SSSR count). The molecule has 1 fully saturated rings. The maximum Gasteiger partial charge on any atom is 0.254 e. The molecule has 7 nitrogen and oxygen atoms in total. The van der Waals surface area contributed by atoms with Gasteiger partial charge in [0.25, 0.3) is 5.91 Å². The van der Waals surface area contributed by atoms with Crippen LogP contribution in [0.25, 0.3) is 0 Å². The van der Waals surface area contributed by atoms with Gasteiger partial charge in [-0.2, -0.15) is 9.41 Å². The van der Waals surface area contributed by atoms with Crippen molar-refractivity contribution >= 4 is 38.1 Å². The number of halogens is 1. The van der Waals surface area contributed by atoms with Crippen molar-refractivity contribution in [2.24, 2.45) is 5.10 Å². The number of piperazine rings is 1. The van der Waals surface area contributed by atoms with Crippen molar-refractivity contribution < 1.29 is 13.2 Å². The molecule has 0 aliphatic carbocycles. The summed E-state index contributed by atoms with van der Waals surface area (Å²) in [6.07, 6.45) is 1.62. The second kappa shape index (κ2) is 10.2. The maximum absolute atomic E-state index is 12.8. The quantitative estimate of drug-likeness (QED) is 0.468. The highest BCUT2D eigenvalue weighted by atomic mass is 79.9. The molecule has 172 valence electrons. The molecule has 0 spiro atoms. The van der Waals surface area contributed by atoms with Gasteiger partial charge in [0.2, 0.25) is 10.0 Å². The molecule has 1 saturated heterocycles. The fourth-order valence-electron chi connectivity index (χ4n) is 3.37. The number of nitrogens with zero attached hydrogens (tertiary/aromatic N) is 3. The zero-order valence-corrected chi connectivity index (χ0v) is 21.0. The molecular formula is C23H29BrN4O3S. The molecule has 0 aromatic heterocycles. The van der Waals surface area contributed by atoms with E-state index in [4.69, 9.17) is 0 Å². The largest absolute Gasteiger partial charge is 0.292 e. The second-order valence-corrected chi connectivity index (χ2v) is 11.7. The lowest BCUT2D eigenvalue weighted by Crippen LogP contribution is -2.50. The highest BCUT2D eigenvalue weighted by Crippen LogP contribution is 2.22. The fraction of sp³-hybridized carbons (Fsp3) is 0.391. The Morgan fingerprint density at radius 3 is 2.19 bits per heavy atom. The van der Waals surface area contributed by atoms with Gasteiger partial charge in [0.05, 0.1) is 17.7 Å². The van der Waals surface area contributed by atoms with Gasteiger partial charge in [0, 0.05) is 30.7 Å². The van der Waals surface area contributed by atoms with Crippen LogP contribution in [-0.2, 0) is 20.2 Å². The van der Waals surface area contributed by atoms with Gasteiger partial charge in [-0.1, -0.05) is 61.0 Å². The summed E-state index contributed by atoms with van der Waals surface area (Å²) >= 11 is 3.32. The van der Waals surface area contributed by atoms with Crippen LogP contribution in [0, 0.1) is 0 Å². The first-order valence-electron chi connectivity index (χ1n) is 10.5. The van der Waals surface area contributed by atoms with Gasteiger partial charge >= 0.3 is 0 Å². The molecule has 0 bridgehead atoms. The number of carbonyl (C=O) groups is 1. The Labute approximate surface area is 198 Å². The number of hydrogen-bond donors (Lipinski definition) is 1. The summed E-state index contributed by atoms with van der Waals surface area (Å²) in [6, 6.07) is 14.7. The molecule has 2 aromatic carbocycles. The van der Waals surface area contributed by atoms with Crippen LogP contribution in [0.2, 0.25) is 0 Å². The Hall–Kier alpha value is -2.07. The Morgan fingerprint density at radius 2 is 1.62 bits per heavy atom. The lowest BCUT2D eigenvalue weighted by Gasteiger charge is -2.33. The first kappa shape index (κ1) is 24.6. The van der Waals surface area contributed by atoms with E-state index in [1.54, 1.807) is 30.5 Å². The summed E-state index contributed by atoms with van der Waals surface area (Å²) in [6.45, 7) is 8.31. The average molecular weight is 521 g/mol. The molecule has 1 aliphatic heterocycles. The van der Waals surface area contributed by atoms with Crippen LogP contribution in [0.5, 0.6) is 0 Å². The molecule has 32 heavy (non-hydrogen) atoms. The van der Waals surface area contributed by atoms with E-state index in [1.807, 2.05) is 17.0 Å². The third-order valence-electron chi connectivity index (χ3n) is 5.33. The zero-order valence-electron chi connectivity index (χ0n) is 18.6. The Bertz CT molecular complexity index is 1050. The number of rotatable bonds is 6. The molecule has 1 heterocycles. The van der Waals surface area contributed by atoms with E-state index in [9.17, 15) is 13.2 Å². The highest BCUT2D eigenvalue weighted by molar-refractivity contribution is 9.10. The smallest absolute Gasteiger partial charge is 0.254 e. The predicted octanol–water partition coefficient (Wildman–Crippen LogP) is 3.20. The molecule has 0 radical (unpaired) electrons. The molecule has 0 atom stereocenters. The molecule has 1 aliphatic rings. The SMILES string of the molecule is CC(C)(C)c1ccc(C=NNC(=O)CN2CCN(S(=O)(=O)c3ccc(Br)cc3)CC2)cc1. The van der Waals surface area contributed by atoms with E-state index >= 15 is 0 Å². The van der Waals surface area contributed by atoms with Gasteiger partial charge < -0.3 is 0 Å². The number of hydrazone groups is 1. The molecular weight excluding hydrogens is 492 g/mol. The van der Waals surface area contributed by atoms with Gasteiger partial charge in [-0.25, -0.2) is 13.8 Å². The third-order valence-corrected chi connectivity index (χ3v) is 7.77.